The zero-order valence-electron chi connectivity index (χ0n) is 11.5. The van der Waals surface area contributed by atoms with Gasteiger partial charge in [-0.2, -0.15) is 0 Å². The molecule has 0 saturated heterocycles. The summed E-state index contributed by atoms with van der Waals surface area (Å²) in [5.74, 6) is 0. The summed E-state index contributed by atoms with van der Waals surface area (Å²) in [6, 6.07) is -0.190. The van der Waals surface area contributed by atoms with E-state index >= 15 is 0 Å². The van der Waals surface area contributed by atoms with Gasteiger partial charge < -0.3 is 20.9 Å². The molecule has 0 spiro atoms. The standard InChI is InChI=1S/C12H26N2O3/c1-11(2,3)17-10(16)14-7-9(13)6-12(4,5)8-15/h9,15H,6-8,13H2,1-5H3,(H,14,16). The van der Waals surface area contributed by atoms with E-state index in [-0.39, 0.29) is 18.1 Å². The predicted molar refractivity (Wildman–Crippen MR) is 67.7 cm³/mol. The van der Waals surface area contributed by atoms with Crippen LogP contribution in [0, 0.1) is 5.41 Å². The fraction of sp³-hybridized carbons (Fsp3) is 0.917. The van der Waals surface area contributed by atoms with Crippen LogP contribution in [0.25, 0.3) is 0 Å². The van der Waals surface area contributed by atoms with Crippen LogP contribution in [0.15, 0.2) is 0 Å². The Morgan fingerprint density at radius 1 is 1.35 bits per heavy atom. The van der Waals surface area contributed by atoms with Gasteiger partial charge in [0.05, 0.1) is 0 Å². The van der Waals surface area contributed by atoms with Crippen molar-refractivity contribution in [2.45, 2.75) is 52.7 Å². The van der Waals surface area contributed by atoms with Gasteiger partial charge in [0.25, 0.3) is 0 Å². The molecule has 1 unspecified atom stereocenters. The van der Waals surface area contributed by atoms with E-state index in [4.69, 9.17) is 15.6 Å². The number of carbonyl (C=O) groups is 1. The molecular formula is C12H26N2O3. The minimum atomic E-state index is -0.501. The molecule has 1 amide bonds. The molecule has 4 N–H and O–H groups in total. The van der Waals surface area contributed by atoms with Crippen molar-refractivity contribution in [3.63, 3.8) is 0 Å². The summed E-state index contributed by atoms with van der Waals surface area (Å²) in [7, 11) is 0. The molecule has 0 aliphatic heterocycles. The van der Waals surface area contributed by atoms with Crippen LogP contribution in [0.4, 0.5) is 4.79 Å². The predicted octanol–water partition coefficient (Wildman–Crippen LogP) is 1.25. The summed E-state index contributed by atoms with van der Waals surface area (Å²) in [4.78, 5) is 11.4. The van der Waals surface area contributed by atoms with Crippen LogP contribution in [-0.2, 0) is 4.74 Å². The van der Waals surface area contributed by atoms with Gasteiger partial charge in [0.1, 0.15) is 5.60 Å². The molecule has 0 aromatic heterocycles. The summed E-state index contributed by atoms with van der Waals surface area (Å²) in [5.41, 5.74) is 5.14. The molecule has 102 valence electrons. The van der Waals surface area contributed by atoms with Crippen molar-refractivity contribution in [1.29, 1.82) is 0 Å². The number of hydrogen-bond donors (Lipinski definition) is 3. The van der Waals surface area contributed by atoms with Gasteiger partial charge in [0.2, 0.25) is 0 Å². The summed E-state index contributed by atoms with van der Waals surface area (Å²) in [6.07, 6.45) is 0.175. The molecule has 17 heavy (non-hydrogen) atoms. The Labute approximate surface area is 104 Å². The molecule has 5 heteroatoms. The molecule has 0 bridgehead atoms. The number of carbonyl (C=O) groups excluding carboxylic acids is 1. The highest BCUT2D eigenvalue weighted by molar-refractivity contribution is 5.67. The van der Waals surface area contributed by atoms with Gasteiger partial charge in [0.15, 0.2) is 0 Å². The normalized spacial score (nSPS) is 14.3. The Bertz CT molecular complexity index is 247. The van der Waals surface area contributed by atoms with E-state index in [2.05, 4.69) is 5.32 Å². The van der Waals surface area contributed by atoms with Gasteiger partial charge in [-0.25, -0.2) is 4.79 Å². The Morgan fingerprint density at radius 3 is 2.29 bits per heavy atom. The topological polar surface area (TPSA) is 84.6 Å². The maximum atomic E-state index is 11.4. The molecule has 0 aliphatic carbocycles. The maximum absolute atomic E-state index is 11.4. The molecule has 0 heterocycles. The largest absolute Gasteiger partial charge is 0.444 e. The third-order valence-corrected chi connectivity index (χ3v) is 2.15. The Morgan fingerprint density at radius 2 is 1.88 bits per heavy atom. The van der Waals surface area contributed by atoms with Crippen LogP contribution in [-0.4, -0.2) is 36.0 Å². The second-order valence-corrected chi connectivity index (χ2v) is 6.17. The SMILES string of the molecule is CC(C)(CO)CC(N)CNC(=O)OC(C)(C)C. The monoisotopic (exact) mass is 246 g/mol. The van der Waals surface area contributed by atoms with Gasteiger partial charge in [-0.15, -0.1) is 0 Å². The number of amides is 1. The minimum absolute atomic E-state index is 0.0765. The average Bonchev–Trinajstić information content (AvgIpc) is 2.11. The van der Waals surface area contributed by atoms with Crippen molar-refractivity contribution >= 4 is 6.09 Å². The summed E-state index contributed by atoms with van der Waals surface area (Å²) in [6.45, 7) is 9.70. The third-order valence-electron chi connectivity index (χ3n) is 2.15. The van der Waals surface area contributed by atoms with Crippen LogP contribution in [0.3, 0.4) is 0 Å². The first-order valence-electron chi connectivity index (χ1n) is 5.89. The Balaban J connectivity index is 3.93. The third kappa shape index (κ3) is 8.94. The fourth-order valence-corrected chi connectivity index (χ4v) is 1.38. The summed E-state index contributed by atoms with van der Waals surface area (Å²) >= 11 is 0. The van der Waals surface area contributed by atoms with Crippen LogP contribution in [0.5, 0.6) is 0 Å². The lowest BCUT2D eigenvalue weighted by Crippen LogP contribution is -2.42. The van der Waals surface area contributed by atoms with Crippen molar-refractivity contribution < 1.29 is 14.6 Å². The number of rotatable bonds is 5. The molecule has 5 nitrogen and oxygen atoms in total. The minimum Gasteiger partial charge on any atom is -0.444 e. The molecule has 1 atom stereocenters. The van der Waals surface area contributed by atoms with Crippen molar-refractivity contribution in [3.8, 4) is 0 Å². The van der Waals surface area contributed by atoms with E-state index in [1.54, 1.807) is 20.8 Å². The van der Waals surface area contributed by atoms with Crippen LogP contribution >= 0.6 is 0 Å². The number of nitrogens with one attached hydrogen (secondary N) is 1. The van der Waals surface area contributed by atoms with E-state index in [0.717, 1.165) is 0 Å². The highest BCUT2D eigenvalue weighted by Gasteiger charge is 2.21. The first kappa shape index (κ1) is 16.2. The van der Waals surface area contributed by atoms with Gasteiger partial charge in [-0.1, -0.05) is 13.8 Å². The molecule has 0 aromatic rings. The highest BCUT2D eigenvalue weighted by atomic mass is 16.6. The Hall–Kier alpha value is -0.810. The molecule has 0 aromatic carbocycles. The summed E-state index contributed by atoms with van der Waals surface area (Å²) < 4.78 is 5.09. The van der Waals surface area contributed by atoms with Gasteiger partial charge in [0, 0.05) is 19.2 Å². The molecule has 0 rings (SSSR count). The number of nitrogens with two attached hydrogens (primary N) is 1. The second-order valence-electron chi connectivity index (χ2n) is 6.17. The molecule has 0 fully saturated rings. The number of aliphatic hydroxyl groups is 1. The zero-order valence-corrected chi connectivity index (χ0v) is 11.5. The zero-order chi connectivity index (χ0) is 13.7. The molecule has 0 aliphatic rings. The number of ether oxygens (including phenoxy) is 1. The van der Waals surface area contributed by atoms with E-state index in [0.29, 0.717) is 13.0 Å². The second kappa shape index (κ2) is 6.21. The molecular weight excluding hydrogens is 220 g/mol. The van der Waals surface area contributed by atoms with Crippen molar-refractivity contribution in [2.75, 3.05) is 13.2 Å². The van der Waals surface area contributed by atoms with Gasteiger partial charge in [-0.05, 0) is 32.6 Å². The van der Waals surface area contributed by atoms with E-state index in [1.807, 2.05) is 13.8 Å². The lowest BCUT2D eigenvalue weighted by atomic mass is 9.87. The molecule has 0 saturated carbocycles. The van der Waals surface area contributed by atoms with E-state index in [1.165, 1.54) is 0 Å². The van der Waals surface area contributed by atoms with Crippen LogP contribution in [0.1, 0.15) is 41.0 Å². The number of alkyl carbamates (subject to hydrolysis) is 1. The lowest BCUT2D eigenvalue weighted by Gasteiger charge is -2.26. The lowest BCUT2D eigenvalue weighted by molar-refractivity contribution is 0.0519. The van der Waals surface area contributed by atoms with Crippen molar-refractivity contribution in [3.05, 3.63) is 0 Å². The van der Waals surface area contributed by atoms with E-state index in [9.17, 15) is 4.79 Å². The van der Waals surface area contributed by atoms with Crippen molar-refractivity contribution in [2.24, 2.45) is 11.1 Å². The van der Waals surface area contributed by atoms with Gasteiger partial charge >= 0.3 is 6.09 Å². The first-order chi connectivity index (χ1) is 7.56. The maximum Gasteiger partial charge on any atom is 0.407 e. The first-order valence-corrected chi connectivity index (χ1v) is 5.89. The number of aliphatic hydroxyl groups excluding tert-OH is 1. The van der Waals surface area contributed by atoms with Crippen LogP contribution in [0.2, 0.25) is 0 Å². The Kier molecular flexibility index (Phi) is 5.92. The molecule has 0 radical (unpaired) electrons. The fourth-order valence-electron chi connectivity index (χ4n) is 1.38. The average molecular weight is 246 g/mol. The highest BCUT2D eigenvalue weighted by Crippen LogP contribution is 2.20. The smallest absolute Gasteiger partial charge is 0.407 e. The van der Waals surface area contributed by atoms with Crippen molar-refractivity contribution in [1.82, 2.24) is 5.32 Å². The quantitative estimate of drug-likeness (QED) is 0.681. The number of hydrogen-bond acceptors (Lipinski definition) is 4. The van der Waals surface area contributed by atoms with Crippen LogP contribution < -0.4 is 11.1 Å². The van der Waals surface area contributed by atoms with E-state index < -0.39 is 11.7 Å². The summed E-state index contributed by atoms with van der Waals surface area (Å²) in [5, 5.41) is 11.7. The van der Waals surface area contributed by atoms with Gasteiger partial charge in [-0.3, -0.25) is 0 Å².